The van der Waals surface area contributed by atoms with E-state index < -0.39 is 5.82 Å². The Morgan fingerprint density at radius 2 is 2.07 bits per heavy atom. The van der Waals surface area contributed by atoms with Crippen LogP contribution in [0.3, 0.4) is 0 Å². The molecule has 0 fully saturated rings. The molecular weight excluding hydrogens is 200 g/mol. The normalized spacial score (nSPS) is 10.6. The molecule has 0 amide bonds. The van der Waals surface area contributed by atoms with E-state index in [0.29, 0.717) is 31.7 Å². The van der Waals surface area contributed by atoms with Crippen LogP contribution < -0.4 is 5.32 Å². The molecule has 0 spiro atoms. The Labute approximate surface area is 88.3 Å². The Bertz CT molecular complexity index is 305. The summed E-state index contributed by atoms with van der Waals surface area (Å²) in [5.41, 5.74) is 0.403. The summed E-state index contributed by atoms with van der Waals surface area (Å²) < 4.78 is 30.7. The van der Waals surface area contributed by atoms with Crippen LogP contribution in [0.25, 0.3) is 0 Å². The number of rotatable bonds is 6. The second-order valence-corrected chi connectivity index (χ2v) is 3.23. The van der Waals surface area contributed by atoms with Gasteiger partial charge in [-0.1, -0.05) is 0 Å². The van der Waals surface area contributed by atoms with Crippen molar-refractivity contribution >= 4 is 0 Å². The Hall–Kier alpha value is -1.00. The first-order valence-corrected chi connectivity index (χ1v) is 4.87. The lowest BCUT2D eigenvalue weighted by Gasteiger charge is -2.05. The zero-order chi connectivity index (χ0) is 11.1. The lowest BCUT2D eigenvalue weighted by Crippen LogP contribution is -2.22. The molecule has 0 aliphatic carbocycles. The first kappa shape index (κ1) is 12.1. The number of hydrogen-bond acceptors (Lipinski definition) is 2. The summed E-state index contributed by atoms with van der Waals surface area (Å²) in [6.45, 7) is 1.95. The van der Waals surface area contributed by atoms with Crippen LogP contribution in [0, 0.1) is 11.6 Å². The third-order valence-corrected chi connectivity index (χ3v) is 2.06. The van der Waals surface area contributed by atoms with Crippen molar-refractivity contribution in [2.24, 2.45) is 0 Å². The molecule has 1 aromatic carbocycles. The van der Waals surface area contributed by atoms with Gasteiger partial charge in [-0.05, 0) is 36.7 Å². The highest BCUT2D eigenvalue weighted by atomic mass is 19.1. The molecule has 0 bridgehead atoms. The predicted octanol–water partition coefficient (Wildman–Crippen LogP) is 1.74. The van der Waals surface area contributed by atoms with Crippen molar-refractivity contribution in [1.29, 1.82) is 0 Å². The van der Waals surface area contributed by atoms with Gasteiger partial charge in [0.2, 0.25) is 0 Å². The molecule has 1 N–H and O–H groups in total. The minimum Gasteiger partial charge on any atom is -0.383 e. The maximum atomic E-state index is 13.1. The molecular formula is C11H15F2NO. The van der Waals surface area contributed by atoms with Gasteiger partial charge in [0.15, 0.2) is 0 Å². The number of hydrogen-bond donors (Lipinski definition) is 1. The highest BCUT2D eigenvalue weighted by Gasteiger charge is 2.02. The first-order chi connectivity index (χ1) is 7.24. The van der Waals surface area contributed by atoms with Crippen LogP contribution in [0.2, 0.25) is 0 Å². The van der Waals surface area contributed by atoms with Crippen LogP contribution in [-0.2, 0) is 11.2 Å². The van der Waals surface area contributed by atoms with Gasteiger partial charge in [-0.15, -0.1) is 0 Å². The van der Waals surface area contributed by atoms with Crippen molar-refractivity contribution < 1.29 is 13.5 Å². The van der Waals surface area contributed by atoms with E-state index in [9.17, 15) is 8.78 Å². The van der Waals surface area contributed by atoms with Crippen LogP contribution in [0.15, 0.2) is 18.2 Å². The second-order valence-electron chi connectivity index (χ2n) is 3.23. The molecule has 0 heterocycles. The fourth-order valence-corrected chi connectivity index (χ4v) is 1.26. The molecule has 0 unspecified atom stereocenters. The molecule has 0 aromatic heterocycles. The largest absolute Gasteiger partial charge is 0.383 e. The van der Waals surface area contributed by atoms with E-state index in [0.717, 1.165) is 12.1 Å². The summed E-state index contributed by atoms with van der Waals surface area (Å²) in [4.78, 5) is 0. The number of halogens is 2. The van der Waals surface area contributed by atoms with Crippen molar-refractivity contribution in [1.82, 2.24) is 5.32 Å². The molecule has 0 radical (unpaired) electrons. The highest BCUT2D eigenvalue weighted by Crippen LogP contribution is 2.09. The Kier molecular flexibility index (Phi) is 5.21. The third kappa shape index (κ3) is 4.36. The van der Waals surface area contributed by atoms with Gasteiger partial charge in [-0.2, -0.15) is 0 Å². The quantitative estimate of drug-likeness (QED) is 0.730. The van der Waals surface area contributed by atoms with E-state index in [1.807, 2.05) is 0 Å². The maximum Gasteiger partial charge on any atom is 0.126 e. The fourth-order valence-electron chi connectivity index (χ4n) is 1.26. The van der Waals surface area contributed by atoms with Gasteiger partial charge in [0.05, 0.1) is 6.61 Å². The van der Waals surface area contributed by atoms with E-state index in [2.05, 4.69) is 5.32 Å². The van der Waals surface area contributed by atoms with Crippen molar-refractivity contribution in [3.63, 3.8) is 0 Å². The summed E-state index contributed by atoms with van der Waals surface area (Å²) in [7, 11) is 1.62. The number of methoxy groups -OCH3 is 1. The lowest BCUT2D eigenvalue weighted by molar-refractivity contribution is 0.199. The van der Waals surface area contributed by atoms with Crippen LogP contribution in [0.4, 0.5) is 8.78 Å². The molecule has 0 atom stereocenters. The monoisotopic (exact) mass is 215 g/mol. The average Bonchev–Trinajstić information content (AvgIpc) is 2.23. The van der Waals surface area contributed by atoms with Gasteiger partial charge >= 0.3 is 0 Å². The standard InChI is InChI=1S/C11H15F2NO/c1-15-7-6-14-5-4-9-8-10(12)2-3-11(9)13/h2-3,8,14H,4-7H2,1H3. The summed E-state index contributed by atoms with van der Waals surface area (Å²) >= 11 is 0. The van der Waals surface area contributed by atoms with Crippen LogP contribution in [0.5, 0.6) is 0 Å². The summed E-state index contributed by atoms with van der Waals surface area (Å²) in [6, 6.07) is 3.50. The van der Waals surface area contributed by atoms with E-state index in [1.165, 1.54) is 6.07 Å². The molecule has 0 saturated carbocycles. The van der Waals surface area contributed by atoms with E-state index in [4.69, 9.17) is 4.74 Å². The molecule has 0 aliphatic heterocycles. The van der Waals surface area contributed by atoms with Gasteiger partial charge < -0.3 is 10.1 Å². The topological polar surface area (TPSA) is 21.3 Å². The Morgan fingerprint density at radius 3 is 2.80 bits per heavy atom. The van der Waals surface area contributed by atoms with Gasteiger partial charge in [0.1, 0.15) is 11.6 Å². The molecule has 1 aromatic rings. The molecule has 1 rings (SSSR count). The number of ether oxygens (including phenoxy) is 1. The van der Waals surface area contributed by atoms with Crippen molar-refractivity contribution in [3.05, 3.63) is 35.4 Å². The minimum atomic E-state index is -0.400. The average molecular weight is 215 g/mol. The summed E-state index contributed by atoms with van der Waals surface area (Å²) in [5, 5.41) is 3.07. The van der Waals surface area contributed by atoms with Crippen molar-refractivity contribution in [3.8, 4) is 0 Å². The summed E-state index contributed by atoms with van der Waals surface area (Å²) in [5.74, 6) is -0.756. The van der Waals surface area contributed by atoms with Crippen LogP contribution in [0.1, 0.15) is 5.56 Å². The van der Waals surface area contributed by atoms with Crippen molar-refractivity contribution in [2.75, 3.05) is 26.8 Å². The minimum absolute atomic E-state index is 0.357. The zero-order valence-corrected chi connectivity index (χ0v) is 8.72. The number of nitrogens with one attached hydrogen (secondary N) is 1. The zero-order valence-electron chi connectivity index (χ0n) is 8.72. The van der Waals surface area contributed by atoms with Gasteiger partial charge in [-0.3, -0.25) is 0 Å². The smallest absolute Gasteiger partial charge is 0.126 e. The Balaban J connectivity index is 2.33. The number of benzene rings is 1. The van der Waals surface area contributed by atoms with Crippen LogP contribution in [-0.4, -0.2) is 26.8 Å². The second kappa shape index (κ2) is 6.48. The molecule has 15 heavy (non-hydrogen) atoms. The molecule has 4 heteroatoms. The molecule has 2 nitrogen and oxygen atoms in total. The molecule has 84 valence electrons. The van der Waals surface area contributed by atoms with Gasteiger partial charge in [0.25, 0.3) is 0 Å². The van der Waals surface area contributed by atoms with Crippen LogP contribution >= 0.6 is 0 Å². The first-order valence-electron chi connectivity index (χ1n) is 4.87. The third-order valence-electron chi connectivity index (χ3n) is 2.06. The molecule has 0 saturated heterocycles. The van der Waals surface area contributed by atoms with Gasteiger partial charge in [-0.25, -0.2) is 8.78 Å². The predicted molar refractivity (Wildman–Crippen MR) is 54.8 cm³/mol. The van der Waals surface area contributed by atoms with E-state index >= 15 is 0 Å². The Morgan fingerprint density at radius 1 is 1.27 bits per heavy atom. The fraction of sp³-hybridized carbons (Fsp3) is 0.455. The lowest BCUT2D eigenvalue weighted by atomic mass is 10.1. The van der Waals surface area contributed by atoms with Gasteiger partial charge in [0, 0.05) is 13.7 Å². The summed E-state index contributed by atoms with van der Waals surface area (Å²) in [6.07, 6.45) is 0.479. The SMILES string of the molecule is COCCNCCc1cc(F)ccc1F. The maximum absolute atomic E-state index is 13.1. The van der Waals surface area contributed by atoms with E-state index in [-0.39, 0.29) is 5.82 Å². The molecule has 0 aliphatic rings. The highest BCUT2D eigenvalue weighted by molar-refractivity contribution is 5.18. The van der Waals surface area contributed by atoms with E-state index in [1.54, 1.807) is 7.11 Å². The van der Waals surface area contributed by atoms with Crippen molar-refractivity contribution in [2.45, 2.75) is 6.42 Å².